The monoisotopic (exact) mass is 258 g/mol. The molecule has 0 saturated carbocycles. The molecule has 0 radical (unpaired) electrons. The van der Waals surface area contributed by atoms with Crippen LogP contribution < -0.4 is 10.6 Å². The lowest BCUT2D eigenvalue weighted by molar-refractivity contribution is 0.136. The second kappa shape index (κ2) is 4.70. The Kier molecular flexibility index (Phi) is 3.45. The number of benzene rings is 1. The van der Waals surface area contributed by atoms with Crippen molar-refractivity contribution in [3.63, 3.8) is 0 Å². The van der Waals surface area contributed by atoms with Crippen molar-refractivity contribution in [2.45, 2.75) is 19.4 Å². The molecule has 1 heterocycles. The molecule has 0 aromatic heterocycles. The highest BCUT2D eigenvalue weighted by Crippen LogP contribution is 2.35. The fourth-order valence-corrected chi connectivity index (χ4v) is 2.41. The third-order valence-corrected chi connectivity index (χ3v) is 3.62. The van der Waals surface area contributed by atoms with Crippen molar-refractivity contribution in [1.29, 1.82) is 0 Å². The molecule has 94 valence electrons. The van der Waals surface area contributed by atoms with E-state index in [-0.39, 0.29) is 17.0 Å². The van der Waals surface area contributed by atoms with Crippen LogP contribution in [-0.4, -0.2) is 24.3 Å². The summed E-state index contributed by atoms with van der Waals surface area (Å²) in [5, 5.41) is 9.61. The van der Waals surface area contributed by atoms with E-state index >= 15 is 0 Å². The third-order valence-electron chi connectivity index (χ3n) is 3.32. The first-order chi connectivity index (χ1) is 8.00. The average molecular weight is 259 g/mol. The standard InChI is InChI=1S/C12H16ClFN2O/c1-7(17)8-4-5-16(6-8)12-10(15)3-2-9(13)11(12)14/h2-3,7-8,17H,4-6,15H2,1H3. The van der Waals surface area contributed by atoms with Gasteiger partial charge < -0.3 is 15.7 Å². The third kappa shape index (κ3) is 2.33. The van der Waals surface area contributed by atoms with Gasteiger partial charge in [-0.05, 0) is 25.5 Å². The summed E-state index contributed by atoms with van der Waals surface area (Å²) in [5.41, 5.74) is 6.54. The van der Waals surface area contributed by atoms with E-state index in [0.717, 1.165) is 6.42 Å². The van der Waals surface area contributed by atoms with Gasteiger partial charge in [-0.2, -0.15) is 0 Å². The van der Waals surface area contributed by atoms with Crippen LogP contribution >= 0.6 is 11.6 Å². The molecule has 1 aromatic carbocycles. The molecule has 1 aliphatic heterocycles. The van der Waals surface area contributed by atoms with Gasteiger partial charge in [0.25, 0.3) is 0 Å². The number of nitrogens with zero attached hydrogens (tertiary/aromatic N) is 1. The van der Waals surface area contributed by atoms with Crippen molar-refractivity contribution >= 4 is 23.0 Å². The van der Waals surface area contributed by atoms with Gasteiger partial charge in [-0.3, -0.25) is 0 Å². The van der Waals surface area contributed by atoms with E-state index in [1.807, 2.05) is 4.90 Å². The predicted octanol–water partition coefficient (Wildman–Crippen LogP) is 2.27. The molecule has 0 bridgehead atoms. The first kappa shape index (κ1) is 12.5. The van der Waals surface area contributed by atoms with Crippen LogP contribution in [0.4, 0.5) is 15.8 Å². The number of halogens is 2. The molecule has 0 aliphatic carbocycles. The van der Waals surface area contributed by atoms with Gasteiger partial charge in [-0.15, -0.1) is 0 Å². The smallest absolute Gasteiger partial charge is 0.167 e. The predicted molar refractivity (Wildman–Crippen MR) is 67.8 cm³/mol. The summed E-state index contributed by atoms with van der Waals surface area (Å²) in [6.07, 6.45) is 0.451. The number of aliphatic hydroxyl groups excluding tert-OH is 1. The van der Waals surface area contributed by atoms with Crippen LogP contribution in [0.5, 0.6) is 0 Å². The van der Waals surface area contributed by atoms with Gasteiger partial charge in [0.1, 0.15) is 0 Å². The molecule has 1 saturated heterocycles. The van der Waals surface area contributed by atoms with Gasteiger partial charge in [-0.1, -0.05) is 11.6 Å². The van der Waals surface area contributed by atoms with Crippen molar-refractivity contribution in [3.05, 3.63) is 23.0 Å². The van der Waals surface area contributed by atoms with Crippen molar-refractivity contribution in [2.24, 2.45) is 5.92 Å². The zero-order chi connectivity index (χ0) is 12.6. The van der Waals surface area contributed by atoms with Crippen LogP contribution in [0.1, 0.15) is 13.3 Å². The van der Waals surface area contributed by atoms with Gasteiger partial charge in [0.15, 0.2) is 5.82 Å². The number of nitrogen functional groups attached to an aromatic ring is 1. The molecular formula is C12H16ClFN2O. The van der Waals surface area contributed by atoms with Crippen molar-refractivity contribution in [1.82, 2.24) is 0 Å². The molecule has 2 atom stereocenters. The van der Waals surface area contributed by atoms with E-state index in [4.69, 9.17) is 17.3 Å². The Morgan fingerprint density at radius 2 is 2.29 bits per heavy atom. The maximum absolute atomic E-state index is 13.9. The minimum atomic E-state index is -0.474. The van der Waals surface area contributed by atoms with Crippen molar-refractivity contribution in [3.8, 4) is 0 Å². The largest absolute Gasteiger partial charge is 0.397 e. The van der Waals surface area contributed by atoms with Gasteiger partial charge in [0.2, 0.25) is 0 Å². The molecule has 17 heavy (non-hydrogen) atoms. The van der Waals surface area contributed by atoms with Gasteiger partial charge in [0, 0.05) is 19.0 Å². The Hall–Kier alpha value is -1.000. The lowest BCUT2D eigenvalue weighted by Crippen LogP contribution is -2.25. The minimum absolute atomic E-state index is 0.0784. The van der Waals surface area contributed by atoms with Crippen LogP contribution in [0.2, 0.25) is 5.02 Å². The highest BCUT2D eigenvalue weighted by Gasteiger charge is 2.29. The summed E-state index contributed by atoms with van der Waals surface area (Å²) >= 11 is 5.76. The van der Waals surface area contributed by atoms with Crippen molar-refractivity contribution < 1.29 is 9.50 Å². The molecule has 0 spiro atoms. The van der Waals surface area contributed by atoms with E-state index in [1.54, 1.807) is 13.0 Å². The van der Waals surface area contributed by atoms with Gasteiger partial charge >= 0.3 is 0 Å². The van der Waals surface area contributed by atoms with Gasteiger partial charge in [-0.25, -0.2) is 4.39 Å². The minimum Gasteiger partial charge on any atom is -0.397 e. The van der Waals surface area contributed by atoms with Crippen LogP contribution in [0.25, 0.3) is 0 Å². The molecule has 0 amide bonds. The zero-order valence-electron chi connectivity index (χ0n) is 9.66. The Morgan fingerprint density at radius 1 is 1.59 bits per heavy atom. The molecule has 5 heteroatoms. The van der Waals surface area contributed by atoms with E-state index in [1.165, 1.54) is 6.07 Å². The zero-order valence-corrected chi connectivity index (χ0v) is 10.4. The van der Waals surface area contributed by atoms with Gasteiger partial charge in [0.05, 0.1) is 22.5 Å². The normalized spacial score (nSPS) is 21.9. The Morgan fingerprint density at radius 3 is 2.88 bits per heavy atom. The number of rotatable bonds is 2. The molecule has 3 nitrogen and oxygen atoms in total. The Balaban J connectivity index is 2.27. The van der Waals surface area contributed by atoms with E-state index < -0.39 is 5.82 Å². The van der Waals surface area contributed by atoms with Crippen LogP contribution in [0.3, 0.4) is 0 Å². The number of anilines is 2. The number of nitrogens with two attached hydrogens (primary N) is 1. The fourth-order valence-electron chi connectivity index (χ4n) is 2.26. The maximum atomic E-state index is 13.9. The van der Waals surface area contributed by atoms with Crippen molar-refractivity contribution in [2.75, 3.05) is 23.7 Å². The van der Waals surface area contributed by atoms with Crippen LogP contribution in [0, 0.1) is 11.7 Å². The van der Waals surface area contributed by atoms with Crippen LogP contribution in [0.15, 0.2) is 12.1 Å². The first-order valence-corrected chi connectivity index (χ1v) is 6.05. The second-order valence-electron chi connectivity index (χ2n) is 4.53. The average Bonchev–Trinajstić information content (AvgIpc) is 2.73. The number of hydrogen-bond acceptors (Lipinski definition) is 3. The molecule has 1 aromatic rings. The quantitative estimate of drug-likeness (QED) is 0.800. The van der Waals surface area contributed by atoms with E-state index in [9.17, 15) is 9.50 Å². The lowest BCUT2D eigenvalue weighted by Gasteiger charge is -2.22. The summed E-state index contributed by atoms with van der Waals surface area (Å²) in [6, 6.07) is 3.06. The summed E-state index contributed by atoms with van der Waals surface area (Å²) in [4.78, 5) is 1.86. The molecule has 3 N–H and O–H groups in total. The van der Waals surface area contributed by atoms with E-state index in [2.05, 4.69) is 0 Å². The summed E-state index contributed by atoms with van der Waals surface area (Å²) in [7, 11) is 0. The maximum Gasteiger partial charge on any atom is 0.167 e. The molecule has 1 fully saturated rings. The summed E-state index contributed by atoms with van der Waals surface area (Å²) < 4.78 is 13.9. The highest BCUT2D eigenvalue weighted by atomic mass is 35.5. The Labute approximate surface area is 105 Å². The fraction of sp³-hybridized carbons (Fsp3) is 0.500. The summed E-state index contributed by atoms with van der Waals surface area (Å²) in [5.74, 6) is -0.314. The SMILES string of the molecule is CC(O)C1CCN(c2c(N)ccc(Cl)c2F)C1. The first-order valence-electron chi connectivity index (χ1n) is 5.67. The Bertz CT molecular complexity index is 425. The number of aliphatic hydroxyl groups is 1. The molecule has 2 rings (SSSR count). The second-order valence-corrected chi connectivity index (χ2v) is 4.94. The lowest BCUT2D eigenvalue weighted by atomic mass is 10.0. The molecule has 1 aliphatic rings. The molecule has 2 unspecified atom stereocenters. The number of hydrogen-bond donors (Lipinski definition) is 2. The topological polar surface area (TPSA) is 49.5 Å². The van der Waals surface area contributed by atoms with Crippen LogP contribution in [-0.2, 0) is 0 Å². The summed E-state index contributed by atoms with van der Waals surface area (Å²) in [6.45, 7) is 3.06. The highest BCUT2D eigenvalue weighted by molar-refractivity contribution is 6.31. The van der Waals surface area contributed by atoms with E-state index in [0.29, 0.717) is 24.5 Å². The molecular weight excluding hydrogens is 243 g/mol.